The summed E-state index contributed by atoms with van der Waals surface area (Å²) in [5.41, 5.74) is 5.19. The Morgan fingerprint density at radius 1 is 1.04 bits per heavy atom. The molecule has 2 aromatic carbocycles. The molecule has 3 aliphatic rings. The molecule has 0 aliphatic carbocycles. The second kappa shape index (κ2) is 5.56. The number of aryl methyl sites for hydroxylation is 1. The number of hydrogen-bond donors (Lipinski definition) is 1. The predicted molar refractivity (Wildman–Crippen MR) is 92.4 cm³/mol. The summed E-state index contributed by atoms with van der Waals surface area (Å²) in [6.07, 6.45) is 3.01. The lowest BCUT2D eigenvalue weighted by atomic mass is 9.89. The number of hydrogen-bond acceptors (Lipinski definition) is 5. The van der Waals surface area contributed by atoms with Gasteiger partial charge in [-0.05, 0) is 65.8 Å². The predicted octanol–water partition coefficient (Wildman–Crippen LogP) is 3.18. The Balaban J connectivity index is 1.52. The van der Waals surface area contributed by atoms with Crippen LogP contribution in [0.25, 0.3) is 0 Å². The van der Waals surface area contributed by atoms with Crippen LogP contribution in [0.2, 0.25) is 0 Å². The number of phenols is 1. The maximum absolute atomic E-state index is 10.2. The van der Waals surface area contributed by atoms with E-state index in [9.17, 15) is 5.11 Å². The third-order valence-corrected chi connectivity index (χ3v) is 5.66. The fourth-order valence-electron chi connectivity index (χ4n) is 4.38. The van der Waals surface area contributed by atoms with Gasteiger partial charge >= 0.3 is 0 Å². The molecule has 3 aliphatic heterocycles. The third-order valence-electron chi connectivity index (χ3n) is 5.66. The Hall–Kier alpha value is -2.40. The summed E-state index contributed by atoms with van der Waals surface area (Å²) in [6.45, 7) is 2.24. The molecular formula is C20H21NO4. The van der Waals surface area contributed by atoms with Crippen molar-refractivity contribution in [1.29, 1.82) is 0 Å². The van der Waals surface area contributed by atoms with Crippen molar-refractivity contribution in [2.45, 2.75) is 31.8 Å². The summed E-state index contributed by atoms with van der Waals surface area (Å²) < 4.78 is 16.4. The number of fused-ring (bicyclic) bond motifs is 5. The van der Waals surface area contributed by atoms with E-state index in [0.717, 1.165) is 43.9 Å². The molecular weight excluding hydrogens is 318 g/mol. The second-order valence-corrected chi connectivity index (χ2v) is 6.97. The largest absolute Gasteiger partial charge is 0.504 e. The van der Waals surface area contributed by atoms with Crippen LogP contribution in [0.5, 0.6) is 23.0 Å². The highest BCUT2D eigenvalue weighted by Gasteiger charge is 2.32. The standard InChI is InChI=1S/C20H21NO4/c1-23-18-7-13-4-5-21-10-14-8-20-19(24-11-25-20)6-12(14)2-3-16(21)15(13)9-17(18)22/h6-9,16,22H,2-5,10-11H2,1H3/t16-/m0/s1. The van der Waals surface area contributed by atoms with E-state index >= 15 is 0 Å². The molecule has 0 spiro atoms. The van der Waals surface area contributed by atoms with Crippen molar-refractivity contribution in [1.82, 2.24) is 4.90 Å². The van der Waals surface area contributed by atoms with Crippen molar-refractivity contribution < 1.29 is 19.3 Å². The Morgan fingerprint density at radius 2 is 1.84 bits per heavy atom. The maximum atomic E-state index is 10.2. The molecule has 5 heteroatoms. The molecule has 0 saturated heterocycles. The molecule has 130 valence electrons. The van der Waals surface area contributed by atoms with E-state index in [2.05, 4.69) is 17.0 Å². The first-order valence-corrected chi connectivity index (χ1v) is 8.78. The molecule has 0 bridgehead atoms. The number of methoxy groups -OCH3 is 1. The molecule has 1 atom stereocenters. The highest BCUT2D eigenvalue weighted by Crippen LogP contribution is 2.43. The summed E-state index contributed by atoms with van der Waals surface area (Å²) >= 11 is 0. The monoisotopic (exact) mass is 339 g/mol. The van der Waals surface area contributed by atoms with Crippen LogP contribution in [-0.4, -0.2) is 30.5 Å². The van der Waals surface area contributed by atoms with E-state index in [0.29, 0.717) is 18.6 Å². The van der Waals surface area contributed by atoms with Crippen LogP contribution in [0, 0.1) is 0 Å². The molecule has 1 N–H and O–H groups in total. The Morgan fingerprint density at radius 3 is 2.64 bits per heavy atom. The number of aromatic hydroxyl groups is 1. The molecule has 0 aromatic heterocycles. The van der Waals surface area contributed by atoms with Crippen LogP contribution >= 0.6 is 0 Å². The van der Waals surface area contributed by atoms with Gasteiger partial charge in [-0.3, -0.25) is 4.90 Å². The van der Waals surface area contributed by atoms with E-state index < -0.39 is 0 Å². The van der Waals surface area contributed by atoms with Gasteiger partial charge in [0.25, 0.3) is 0 Å². The molecule has 5 nitrogen and oxygen atoms in total. The van der Waals surface area contributed by atoms with E-state index in [1.165, 1.54) is 22.3 Å². The van der Waals surface area contributed by atoms with Crippen molar-refractivity contribution >= 4 is 0 Å². The molecule has 3 heterocycles. The Kier molecular flexibility index (Phi) is 3.31. The van der Waals surface area contributed by atoms with Crippen LogP contribution in [0.15, 0.2) is 24.3 Å². The van der Waals surface area contributed by atoms with Gasteiger partial charge in [0.05, 0.1) is 7.11 Å². The van der Waals surface area contributed by atoms with Gasteiger partial charge in [0, 0.05) is 19.1 Å². The van der Waals surface area contributed by atoms with Crippen LogP contribution in [0.3, 0.4) is 0 Å². The first-order chi connectivity index (χ1) is 12.2. The number of ether oxygens (including phenoxy) is 3. The minimum Gasteiger partial charge on any atom is -0.504 e. The van der Waals surface area contributed by atoms with E-state index in [4.69, 9.17) is 14.2 Å². The molecule has 5 rings (SSSR count). The molecule has 2 aromatic rings. The fraction of sp³-hybridized carbons (Fsp3) is 0.400. The molecule has 25 heavy (non-hydrogen) atoms. The quantitative estimate of drug-likeness (QED) is 0.865. The number of rotatable bonds is 1. The third kappa shape index (κ3) is 2.34. The Bertz CT molecular complexity index is 848. The van der Waals surface area contributed by atoms with Gasteiger partial charge in [-0.1, -0.05) is 0 Å². The molecule has 0 radical (unpaired) electrons. The Labute approximate surface area is 146 Å². The van der Waals surface area contributed by atoms with Gasteiger partial charge in [-0.2, -0.15) is 0 Å². The van der Waals surface area contributed by atoms with Crippen molar-refractivity contribution in [3.63, 3.8) is 0 Å². The smallest absolute Gasteiger partial charge is 0.231 e. The summed E-state index contributed by atoms with van der Waals surface area (Å²) in [5.74, 6) is 2.51. The minimum atomic E-state index is 0.227. The summed E-state index contributed by atoms with van der Waals surface area (Å²) in [7, 11) is 1.60. The topological polar surface area (TPSA) is 51.2 Å². The molecule has 0 amide bonds. The number of benzene rings is 2. The van der Waals surface area contributed by atoms with Crippen molar-refractivity contribution in [2.24, 2.45) is 0 Å². The van der Waals surface area contributed by atoms with Crippen LogP contribution in [0.1, 0.15) is 34.7 Å². The lowest BCUT2D eigenvalue weighted by molar-refractivity contribution is 0.170. The zero-order valence-corrected chi connectivity index (χ0v) is 14.2. The van der Waals surface area contributed by atoms with Crippen LogP contribution < -0.4 is 14.2 Å². The molecule has 0 fully saturated rings. The lowest BCUT2D eigenvalue weighted by Crippen LogP contribution is -2.34. The zero-order valence-electron chi connectivity index (χ0n) is 14.2. The van der Waals surface area contributed by atoms with Gasteiger partial charge in [0.2, 0.25) is 6.79 Å². The summed E-state index contributed by atoms with van der Waals surface area (Å²) in [4.78, 5) is 2.52. The van der Waals surface area contributed by atoms with Gasteiger partial charge in [0.15, 0.2) is 23.0 Å². The summed E-state index contributed by atoms with van der Waals surface area (Å²) in [5, 5.41) is 10.2. The van der Waals surface area contributed by atoms with Gasteiger partial charge in [-0.15, -0.1) is 0 Å². The van der Waals surface area contributed by atoms with Crippen molar-refractivity contribution in [3.05, 3.63) is 46.5 Å². The van der Waals surface area contributed by atoms with E-state index in [1.54, 1.807) is 7.11 Å². The highest BCUT2D eigenvalue weighted by atomic mass is 16.7. The average Bonchev–Trinajstić information content (AvgIpc) is 2.98. The fourth-order valence-corrected chi connectivity index (χ4v) is 4.38. The highest BCUT2D eigenvalue weighted by molar-refractivity contribution is 5.51. The van der Waals surface area contributed by atoms with Crippen molar-refractivity contribution in [3.8, 4) is 23.0 Å². The maximum Gasteiger partial charge on any atom is 0.231 e. The normalized spacial score (nSPS) is 21.1. The molecule has 0 unspecified atom stereocenters. The SMILES string of the molecule is COc1cc2c(cc1O)[C@@H]1CCc3cc4c(cc3CN1CC2)OCO4. The molecule has 0 saturated carbocycles. The first-order valence-electron chi connectivity index (χ1n) is 8.78. The van der Waals surface area contributed by atoms with E-state index in [-0.39, 0.29) is 5.75 Å². The zero-order chi connectivity index (χ0) is 17.0. The van der Waals surface area contributed by atoms with Gasteiger partial charge < -0.3 is 19.3 Å². The first kappa shape index (κ1) is 14.9. The number of phenolic OH excluding ortho intramolecular Hbond substituents is 1. The summed E-state index contributed by atoms with van der Waals surface area (Å²) in [6, 6.07) is 8.50. The van der Waals surface area contributed by atoms with Gasteiger partial charge in [-0.25, -0.2) is 0 Å². The number of nitrogens with zero attached hydrogens (tertiary/aromatic N) is 1. The lowest BCUT2D eigenvalue weighted by Gasteiger charge is -2.36. The minimum absolute atomic E-state index is 0.227. The second-order valence-electron chi connectivity index (χ2n) is 6.97. The van der Waals surface area contributed by atoms with Gasteiger partial charge in [0.1, 0.15) is 0 Å². The average molecular weight is 339 g/mol. The van der Waals surface area contributed by atoms with Crippen LogP contribution in [0.4, 0.5) is 0 Å². The van der Waals surface area contributed by atoms with Crippen molar-refractivity contribution in [2.75, 3.05) is 20.4 Å². The van der Waals surface area contributed by atoms with Crippen LogP contribution in [-0.2, 0) is 19.4 Å². The van der Waals surface area contributed by atoms with E-state index in [1.807, 2.05) is 12.1 Å².